The molecule has 109 heavy (non-hydrogen) atoms. The van der Waals surface area contributed by atoms with Gasteiger partial charge in [-0.1, -0.05) is 74.5 Å². The van der Waals surface area contributed by atoms with Crippen molar-refractivity contribution in [3.05, 3.63) is 102 Å². The zero-order valence-corrected chi connectivity index (χ0v) is 62.5. The molecule has 38 heteroatoms. The summed E-state index contributed by atoms with van der Waals surface area (Å²) >= 11 is 2.76. The smallest absolute Gasteiger partial charge is 0.326 e. The van der Waals surface area contributed by atoms with Crippen LogP contribution in [0, 0.1) is 11.3 Å². The minimum Gasteiger partial charge on any atom is -0.508 e. The number of aromatic hydroxyl groups is 1. The van der Waals surface area contributed by atoms with E-state index in [2.05, 4.69) is 63.5 Å². The van der Waals surface area contributed by atoms with Crippen LogP contribution >= 0.6 is 23.5 Å². The summed E-state index contributed by atoms with van der Waals surface area (Å²) < 4.78 is 0. The molecule has 1 aliphatic heterocycles. The van der Waals surface area contributed by atoms with E-state index in [1.165, 1.54) is 58.9 Å². The lowest BCUT2D eigenvalue weighted by Crippen LogP contribution is -2.61. The van der Waals surface area contributed by atoms with Gasteiger partial charge in [-0.3, -0.25) is 72.5 Å². The van der Waals surface area contributed by atoms with E-state index < -0.39 is 194 Å². The van der Waals surface area contributed by atoms with Crippen molar-refractivity contribution in [3.63, 3.8) is 0 Å². The molecule has 0 aliphatic carbocycles. The highest BCUT2D eigenvalue weighted by molar-refractivity contribution is 7.98. The number of amides is 12. The minimum absolute atomic E-state index is 0.0571. The first-order chi connectivity index (χ1) is 51.8. The van der Waals surface area contributed by atoms with Gasteiger partial charge in [-0.25, -0.2) is 4.79 Å². The van der Waals surface area contributed by atoms with Crippen molar-refractivity contribution in [2.75, 3.05) is 43.7 Å². The molecular weight excluding hydrogens is 1460 g/mol. The van der Waals surface area contributed by atoms with Crippen molar-refractivity contribution in [1.82, 2.24) is 68.4 Å². The fraction of sp³-hybridized carbons (Fsp3) is 0.493. The van der Waals surface area contributed by atoms with E-state index in [0.717, 1.165) is 0 Å². The molecule has 0 unspecified atom stereocenters. The van der Waals surface area contributed by atoms with E-state index in [9.17, 15) is 87.5 Å². The second-order valence-corrected chi connectivity index (χ2v) is 28.4. The molecule has 1 aliphatic rings. The number of nitrogens with two attached hydrogens (primary N) is 3. The van der Waals surface area contributed by atoms with Crippen LogP contribution in [-0.4, -0.2) is 235 Å². The number of carboxylic acid groups (broad SMARTS) is 3. The average molecular weight is 1560 g/mol. The molecule has 3 aromatic carbocycles. The Morgan fingerprint density at radius 2 is 1.07 bits per heavy atom. The number of aromatic amines is 1. The molecule has 11 atom stereocenters. The number of hydrogen-bond acceptors (Lipinski definition) is 20. The van der Waals surface area contributed by atoms with Crippen LogP contribution in [0.25, 0.3) is 10.9 Å². The first-order valence-corrected chi connectivity index (χ1v) is 38.0. The molecule has 1 saturated heterocycles. The molecular formula is C71H99N17O19S2. The summed E-state index contributed by atoms with van der Waals surface area (Å²) in [6.07, 6.45) is 1.84. The third kappa shape index (κ3) is 30.3. The van der Waals surface area contributed by atoms with E-state index >= 15 is 4.79 Å². The predicted octanol–water partition coefficient (Wildman–Crippen LogP) is -2.19. The van der Waals surface area contributed by atoms with Gasteiger partial charge >= 0.3 is 17.9 Å². The Balaban J connectivity index is 1.44. The number of aliphatic carboxylic acids is 3. The lowest BCUT2D eigenvalue weighted by Gasteiger charge is -2.29. The molecule has 4 aromatic rings. The number of rotatable bonds is 47. The number of carboxylic acids is 3. The fourth-order valence-corrected chi connectivity index (χ4v) is 12.7. The number of benzene rings is 3. The van der Waals surface area contributed by atoms with Gasteiger partial charge in [0.2, 0.25) is 70.9 Å². The monoisotopic (exact) mass is 1560 g/mol. The molecule has 12 amide bonds. The quantitative estimate of drug-likeness (QED) is 0.0127. The highest BCUT2D eigenvalue weighted by Gasteiger charge is 2.40. The third-order valence-electron chi connectivity index (χ3n) is 17.4. The first-order valence-electron chi connectivity index (χ1n) is 35.2. The number of carbonyl (C=O) groups excluding carboxylic acids is 12. The number of H-pyrrole nitrogens is 1. The van der Waals surface area contributed by atoms with Gasteiger partial charge in [0.15, 0.2) is 5.96 Å². The Morgan fingerprint density at radius 1 is 0.560 bits per heavy atom. The number of phenols is 1. The normalized spacial score (nSPS) is 15.2. The SMILES string of the molecule is CSCC[C@H](NC(=O)[C@H](Cc1ccccc1)NC(=O)[C@H](CCCNC(=N)N)NC(=O)[C@@H]1CCCN1C(=O)[C@@H](N)CCSC)C(=O)N[C@@H](CC(=O)O)C(=O)N[C@@H](Cc1ccc(O)cc1)C(=O)N[C@@H](Cc1c[nH]c2ccccc12)C(=O)N[C@@H](CCC(=O)O)C(=O)NCC(=O)N[C@@H](CC(C)C)C(=O)N[C@@H](CC(N)=O)C(=O)O. The van der Waals surface area contributed by atoms with E-state index in [-0.39, 0.29) is 87.0 Å². The van der Waals surface area contributed by atoms with Crippen LogP contribution in [0.4, 0.5) is 0 Å². The maximum absolute atomic E-state index is 15.0. The van der Waals surface area contributed by atoms with Crippen molar-refractivity contribution in [2.45, 2.75) is 170 Å². The number of thioether (sulfide) groups is 2. The number of guanidine groups is 1. The van der Waals surface area contributed by atoms with Gasteiger partial charge < -0.3 is 106 Å². The van der Waals surface area contributed by atoms with E-state index in [1.807, 2.05) is 6.26 Å². The van der Waals surface area contributed by atoms with Crippen molar-refractivity contribution >= 4 is 129 Å². The summed E-state index contributed by atoms with van der Waals surface area (Å²) in [7, 11) is 0. The van der Waals surface area contributed by atoms with Gasteiger partial charge in [-0.05, 0) is 116 Å². The lowest BCUT2D eigenvalue weighted by atomic mass is 10.0. The Hall–Kier alpha value is -11.0. The molecule has 36 nitrogen and oxygen atoms in total. The van der Waals surface area contributed by atoms with Crippen LogP contribution in [0.5, 0.6) is 5.75 Å². The standard InChI is InChI=1S/C71H99N17O19S2/c1-38(2)30-49(63(99)87-54(70(106)107)34-56(73)90)79-57(91)37-78-60(96)47(22-23-58(92)93)80-66(102)52(33-41-36-77-45-15-9-8-14-43(41)45)85-65(101)51(32-40-18-20-42(89)21-19-40)84-67(103)53(35-59(94)95)86-62(98)48(25-29-109-4)81-64(100)50(31-39-12-6-5-7-13-39)83-61(97)46(16-10-26-76-71(74)75)82-68(104)55-17-11-27-88(55)69(105)44(72)24-28-108-3/h5-9,12-15,18-21,36,38,44,46-55,77,89H,10-11,16-17,22-35,37,72H2,1-4H3,(H2,73,90)(H,78,96)(H,79,91)(H,80,102)(H,81,100)(H,82,104)(H,83,97)(H,84,103)(H,85,101)(H,86,98)(H,87,99)(H,92,93)(H,94,95)(H,106,107)(H4,74,75,76)/t44-,46-,47-,48-,49-,50-,51-,52-,53-,54-,55-/m0/s1. The summed E-state index contributed by atoms with van der Waals surface area (Å²) in [5.74, 6) is -16.3. The lowest BCUT2D eigenvalue weighted by molar-refractivity contribution is -0.143. The number of likely N-dealkylation sites (tertiary alicyclic amines) is 1. The maximum atomic E-state index is 15.0. The van der Waals surface area contributed by atoms with Crippen LogP contribution in [0.1, 0.15) is 101 Å². The highest BCUT2D eigenvalue weighted by atomic mass is 32.2. The van der Waals surface area contributed by atoms with Crippen molar-refractivity contribution in [3.8, 4) is 5.75 Å². The fourth-order valence-electron chi connectivity index (χ4n) is 11.8. The highest BCUT2D eigenvalue weighted by Crippen LogP contribution is 2.23. The summed E-state index contributed by atoms with van der Waals surface area (Å²) in [5, 5.41) is 75.6. The summed E-state index contributed by atoms with van der Waals surface area (Å²) in [6, 6.07) is 3.82. The Morgan fingerprint density at radius 3 is 1.64 bits per heavy atom. The molecule has 594 valence electrons. The molecule has 1 aromatic heterocycles. The van der Waals surface area contributed by atoms with Crippen LogP contribution in [0.3, 0.4) is 0 Å². The number of aromatic nitrogens is 1. The minimum atomic E-state index is -2.02. The molecule has 2 heterocycles. The number of hydrogen-bond donors (Lipinski definition) is 20. The number of para-hydroxylation sites is 1. The van der Waals surface area contributed by atoms with Gasteiger partial charge in [-0.15, -0.1) is 0 Å². The number of nitrogens with one attached hydrogen (secondary N) is 13. The Labute approximate surface area is 636 Å². The van der Waals surface area contributed by atoms with Crippen molar-refractivity contribution in [2.24, 2.45) is 23.1 Å². The predicted molar refractivity (Wildman–Crippen MR) is 402 cm³/mol. The van der Waals surface area contributed by atoms with Crippen LogP contribution in [0.15, 0.2) is 85.1 Å². The molecule has 0 radical (unpaired) electrons. The van der Waals surface area contributed by atoms with Gasteiger partial charge in [0.05, 0.1) is 25.4 Å². The number of phenolic OH excluding ortho intramolecular Hbond substituents is 1. The third-order valence-corrected chi connectivity index (χ3v) is 18.7. The van der Waals surface area contributed by atoms with Crippen molar-refractivity contribution in [1.29, 1.82) is 5.41 Å². The van der Waals surface area contributed by atoms with E-state index in [4.69, 9.17) is 22.6 Å². The summed E-state index contributed by atoms with van der Waals surface area (Å²) in [6.45, 7) is 2.82. The molecule has 1 fully saturated rings. The molecule has 5 rings (SSSR count). The van der Waals surface area contributed by atoms with Crippen molar-refractivity contribution < 1.29 is 92.3 Å². The zero-order valence-electron chi connectivity index (χ0n) is 60.9. The second-order valence-electron chi connectivity index (χ2n) is 26.5. The van der Waals surface area contributed by atoms with Gasteiger partial charge in [0.1, 0.15) is 66.2 Å². The molecule has 0 spiro atoms. The zero-order chi connectivity index (χ0) is 80.4. The number of primary amides is 1. The number of nitrogens with zero attached hydrogens (tertiary/aromatic N) is 1. The van der Waals surface area contributed by atoms with Gasteiger partial charge in [0.25, 0.3) is 0 Å². The van der Waals surface area contributed by atoms with Crippen LogP contribution in [-0.2, 0) is 91.2 Å². The summed E-state index contributed by atoms with van der Waals surface area (Å²) in [5.41, 5.74) is 18.7. The van der Waals surface area contributed by atoms with Crippen LogP contribution in [0.2, 0.25) is 0 Å². The topological polar surface area (TPSA) is 590 Å². The number of carbonyl (C=O) groups is 15. The molecule has 0 bridgehead atoms. The molecule has 23 N–H and O–H groups in total. The van der Waals surface area contributed by atoms with E-state index in [1.54, 1.807) is 74.7 Å². The second kappa shape index (κ2) is 44.9. The Bertz CT molecular complexity index is 3850. The van der Waals surface area contributed by atoms with Gasteiger partial charge in [-0.2, -0.15) is 23.5 Å². The summed E-state index contributed by atoms with van der Waals surface area (Å²) in [4.78, 5) is 210. The first kappa shape index (κ1) is 88.6. The number of fused-ring (bicyclic) bond motifs is 1. The molecule has 0 saturated carbocycles. The van der Waals surface area contributed by atoms with Crippen LogP contribution < -0.4 is 75.7 Å². The average Bonchev–Trinajstić information content (AvgIpc) is 1.70. The largest absolute Gasteiger partial charge is 0.508 e. The van der Waals surface area contributed by atoms with E-state index in [0.29, 0.717) is 40.6 Å². The van der Waals surface area contributed by atoms with Gasteiger partial charge in [0, 0.05) is 55.9 Å². The maximum Gasteiger partial charge on any atom is 0.326 e. The Kier molecular flexibility index (Phi) is 36.5.